The van der Waals surface area contributed by atoms with Crippen LogP contribution < -0.4 is 0 Å². The van der Waals surface area contributed by atoms with Crippen LogP contribution >= 0.6 is 0 Å². The standard InChI is InChI=1S/C10H17O2Si.Pt/c11-7-10(4-5-10)8-13-9-3-1-2-6-12-9;/h7H,1-6,8,13H2;. The van der Waals surface area contributed by atoms with Gasteiger partial charge in [-0.2, -0.15) is 0 Å². The first kappa shape index (κ1) is 11.0. The predicted octanol–water partition coefficient (Wildman–Crippen LogP) is 0.954. The summed E-state index contributed by atoms with van der Waals surface area (Å²) in [6, 6.07) is 1.17. The van der Waals surface area contributed by atoms with E-state index in [0.29, 0.717) is 0 Å². The molecule has 1 aliphatic carbocycles. The van der Waals surface area contributed by atoms with Crippen LogP contribution in [0, 0.1) is 5.41 Å². The van der Waals surface area contributed by atoms with Crippen molar-refractivity contribution in [3.63, 3.8) is 0 Å². The van der Waals surface area contributed by atoms with Crippen LogP contribution in [0.3, 0.4) is 0 Å². The van der Waals surface area contributed by atoms with Crippen LogP contribution in [-0.4, -0.2) is 26.0 Å². The van der Waals surface area contributed by atoms with Crippen LogP contribution in [0.5, 0.6) is 0 Å². The number of rotatable bonds is 4. The minimum atomic E-state index is -0.249. The van der Waals surface area contributed by atoms with E-state index in [1.54, 1.807) is 0 Å². The van der Waals surface area contributed by atoms with Gasteiger partial charge in [-0.3, -0.25) is 0 Å². The van der Waals surface area contributed by atoms with Gasteiger partial charge in [0.05, 0.1) is 0 Å². The summed E-state index contributed by atoms with van der Waals surface area (Å²) in [7, 11) is -0.249. The summed E-state index contributed by atoms with van der Waals surface area (Å²) < 4.78 is 6.04. The molecule has 1 unspecified atom stereocenters. The van der Waals surface area contributed by atoms with Gasteiger partial charge in [0.2, 0.25) is 0 Å². The third-order valence-electron chi connectivity index (χ3n) is 3.40. The zero-order valence-electron chi connectivity index (χ0n) is 8.37. The molecule has 2 fully saturated rings. The number of carbonyl (C=O) groups excluding carboxylic acids is 1. The SMILES string of the molecule is O=CC1(C[SiH2][C]2([Pt])CCCCO2)CC1. The molecule has 0 aromatic heterocycles. The molecule has 0 aromatic carbocycles. The summed E-state index contributed by atoms with van der Waals surface area (Å²) in [5, 5.41) is 0. The van der Waals surface area contributed by atoms with Crippen molar-refractivity contribution in [1.82, 2.24) is 0 Å². The molecule has 1 aliphatic heterocycles. The Balaban J connectivity index is 1.81. The van der Waals surface area contributed by atoms with Crippen LogP contribution in [0.1, 0.15) is 32.1 Å². The molecule has 0 aromatic rings. The molecule has 83 valence electrons. The Bertz CT molecular complexity index is 222. The van der Waals surface area contributed by atoms with E-state index in [0.717, 1.165) is 19.4 Å². The molecule has 1 saturated heterocycles. The molecule has 14 heavy (non-hydrogen) atoms. The first-order chi connectivity index (χ1) is 6.68. The van der Waals surface area contributed by atoms with Crippen LogP contribution in [0.4, 0.5) is 0 Å². The molecule has 0 bridgehead atoms. The van der Waals surface area contributed by atoms with Gasteiger partial charge < -0.3 is 0 Å². The Labute approximate surface area is 98.9 Å². The molecule has 2 aliphatic rings. The summed E-state index contributed by atoms with van der Waals surface area (Å²) in [5.41, 5.74) is 0.117. The molecule has 2 nitrogen and oxygen atoms in total. The van der Waals surface area contributed by atoms with Crippen molar-refractivity contribution in [2.75, 3.05) is 6.61 Å². The van der Waals surface area contributed by atoms with Crippen molar-refractivity contribution >= 4 is 15.8 Å². The third-order valence-corrected chi connectivity index (χ3v) is 8.52. The average molecular weight is 392 g/mol. The predicted molar refractivity (Wildman–Crippen MR) is 53.6 cm³/mol. The second-order valence-corrected chi connectivity index (χ2v) is 10.3. The topological polar surface area (TPSA) is 26.3 Å². The van der Waals surface area contributed by atoms with E-state index < -0.39 is 0 Å². The summed E-state index contributed by atoms with van der Waals surface area (Å²) in [4.78, 5) is 10.8. The normalized spacial score (nSPS) is 36.1. The van der Waals surface area contributed by atoms with Crippen molar-refractivity contribution in [3.05, 3.63) is 0 Å². The fourth-order valence-corrected chi connectivity index (χ4v) is 5.76. The van der Waals surface area contributed by atoms with E-state index >= 15 is 0 Å². The van der Waals surface area contributed by atoms with Crippen molar-refractivity contribution < 1.29 is 29.3 Å². The van der Waals surface area contributed by atoms with Gasteiger partial charge in [0.25, 0.3) is 0 Å². The number of aldehydes is 1. The molecule has 4 heteroatoms. The fourth-order valence-electron chi connectivity index (χ4n) is 2.01. The zero-order valence-corrected chi connectivity index (χ0v) is 12.1. The zero-order chi connectivity index (χ0) is 10.1. The van der Waals surface area contributed by atoms with E-state index in [1.807, 2.05) is 0 Å². The summed E-state index contributed by atoms with van der Waals surface area (Å²) in [6.45, 7) is 0.935. The Morgan fingerprint density at radius 3 is 2.64 bits per heavy atom. The second kappa shape index (κ2) is 4.19. The first-order valence-corrected chi connectivity index (χ1v) is 8.29. The van der Waals surface area contributed by atoms with Gasteiger partial charge >= 0.3 is 98.9 Å². The number of ether oxygens (including phenoxy) is 1. The number of hydrogen-bond acceptors (Lipinski definition) is 2. The monoisotopic (exact) mass is 392 g/mol. The molecular weight excluding hydrogens is 375 g/mol. The molecular formula is C10H17O2PtSi. The van der Waals surface area contributed by atoms with Gasteiger partial charge in [-0.05, 0) is 0 Å². The van der Waals surface area contributed by atoms with Gasteiger partial charge in [0, 0.05) is 0 Å². The van der Waals surface area contributed by atoms with E-state index in [4.69, 9.17) is 4.74 Å². The van der Waals surface area contributed by atoms with Gasteiger partial charge in [-0.1, -0.05) is 0 Å². The van der Waals surface area contributed by atoms with Gasteiger partial charge in [-0.15, -0.1) is 0 Å². The van der Waals surface area contributed by atoms with Crippen LogP contribution in [0.25, 0.3) is 0 Å². The van der Waals surface area contributed by atoms with Crippen molar-refractivity contribution in [2.24, 2.45) is 5.41 Å². The maximum atomic E-state index is 10.8. The first-order valence-electron chi connectivity index (χ1n) is 5.44. The summed E-state index contributed by atoms with van der Waals surface area (Å²) >= 11 is 2.48. The average Bonchev–Trinajstić information content (AvgIpc) is 2.97. The Morgan fingerprint density at radius 1 is 1.36 bits per heavy atom. The van der Waals surface area contributed by atoms with E-state index in [-0.39, 0.29) is 18.5 Å². The third kappa shape index (κ3) is 2.56. The summed E-state index contributed by atoms with van der Waals surface area (Å²) in [6.07, 6.45) is 7.22. The Hall–Kier alpha value is 0.535. The van der Waals surface area contributed by atoms with Crippen LogP contribution in [-0.2, 0) is 29.3 Å². The van der Waals surface area contributed by atoms with Crippen molar-refractivity contribution in [1.29, 1.82) is 0 Å². The molecule has 0 spiro atoms. The van der Waals surface area contributed by atoms with Crippen molar-refractivity contribution in [2.45, 2.75) is 41.8 Å². The molecule has 2 rings (SSSR count). The van der Waals surface area contributed by atoms with Crippen molar-refractivity contribution in [3.8, 4) is 0 Å². The van der Waals surface area contributed by atoms with Gasteiger partial charge in [0.15, 0.2) is 0 Å². The minimum absolute atomic E-state index is 0.117. The Morgan fingerprint density at radius 2 is 2.14 bits per heavy atom. The van der Waals surface area contributed by atoms with Crippen LogP contribution in [0.15, 0.2) is 0 Å². The molecule has 1 heterocycles. The fraction of sp³-hybridized carbons (Fsp3) is 0.900. The Kier molecular flexibility index (Phi) is 3.30. The molecule has 0 amide bonds. The van der Waals surface area contributed by atoms with Gasteiger partial charge in [-0.25, -0.2) is 0 Å². The van der Waals surface area contributed by atoms with E-state index in [2.05, 4.69) is 19.8 Å². The van der Waals surface area contributed by atoms with E-state index in [1.165, 1.54) is 31.6 Å². The second-order valence-electron chi connectivity index (χ2n) is 4.61. The van der Waals surface area contributed by atoms with E-state index in [9.17, 15) is 4.79 Å². The molecule has 1 atom stereocenters. The molecule has 0 N–H and O–H groups in total. The number of carbonyl (C=O) groups is 1. The maximum absolute atomic E-state index is 10.8. The molecule has 0 radical (unpaired) electrons. The van der Waals surface area contributed by atoms with Crippen LogP contribution in [0.2, 0.25) is 6.04 Å². The van der Waals surface area contributed by atoms with Gasteiger partial charge in [0.1, 0.15) is 0 Å². The molecule has 1 saturated carbocycles. The quantitative estimate of drug-likeness (QED) is 0.526. The number of hydrogen-bond donors (Lipinski definition) is 0. The summed E-state index contributed by atoms with van der Waals surface area (Å²) in [5.74, 6) is 0.